The number of Topliss-reactive ketones (excluding diaryl/α,β-unsaturated/α-hetero) is 2. The fourth-order valence-corrected chi connectivity index (χ4v) is 3.30. The Balaban J connectivity index is 2.25. The second-order valence-electron chi connectivity index (χ2n) is 5.53. The minimum absolute atomic E-state index is 0.112. The summed E-state index contributed by atoms with van der Waals surface area (Å²) in [6.45, 7) is 3.98. The summed E-state index contributed by atoms with van der Waals surface area (Å²) in [4.78, 5) is 25.3. The molecule has 0 saturated heterocycles. The van der Waals surface area contributed by atoms with Gasteiger partial charge in [-0.3, -0.25) is 9.59 Å². The molecule has 0 amide bonds. The molecule has 92 valence electrons. The molecule has 2 heteroatoms. The van der Waals surface area contributed by atoms with E-state index in [0.29, 0.717) is 17.5 Å². The van der Waals surface area contributed by atoms with E-state index in [1.807, 2.05) is 32.1 Å². The molecule has 3 atom stereocenters. The zero-order valence-corrected chi connectivity index (χ0v) is 10.6. The smallest absolute Gasteiger partial charge is 0.170 e. The number of carbonyl (C=O) groups is 2. The van der Waals surface area contributed by atoms with Gasteiger partial charge in [-0.15, -0.1) is 0 Å². The van der Waals surface area contributed by atoms with Crippen molar-refractivity contribution in [2.24, 2.45) is 17.3 Å². The Kier molecular flexibility index (Phi) is 2.31. The molecule has 0 spiro atoms. The van der Waals surface area contributed by atoms with Crippen LogP contribution in [0.2, 0.25) is 0 Å². The second-order valence-corrected chi connectivity index (χ2v) is 5.53. The van der Waals surface area contributed by atoms with Crippen molar-refractivity contribution in [2.75, 3.05) is 0 Å². The number of hydrogen-bond donors (Lipinski definition) is 0. The van der Waals surface area contributed by atoms with Gasteiger partial charge in [0, 0.05) is 22.5 Å². The number of benzene rings is 1. The van der Waals surface area contributed by atoms with Crippen LogP contribution in [0.4, 0.5) is 0 Å². The van der Waals surface area contributed by atoms with Crippen molar-refractivity contribution in [3.05, 3.63) is 47.5 Å². The monoisotopic (exact) mass is 240 g/mol. The molecule has 0 N–H and O–H groups in total. The number of ketones is 2. The second kappa shape index (κ2) is 3.64. The molecule has 0 fully saturated rings. The van der Waals surface area contributed by atoms with Crippen molar-refractivity contribution in [3.8, 4) is 0 Å². The maximum absolute atomic E-state index is 12.7. The van der Waals surface area contributed by atoms with Crippen LogP contribution in [0.25, 0.3) is 0 Å². The summed E-state index contributed by atoms with van der Waals surface area (Å²) < 4.78 is 0. The van der Waals surface area contributed by atoms with Crippen molar-refractivity contribution in [1.82, 2.24) is 0 Å². The topological polar surface area (TPSA) is 34.1 Å². The molecule has 3 rings (SSSR count). The minimum Gasteiger partial charge on any atom is -0.294 e. The average Bonchev–Trinajstić information content (AvgIpc) is 2.39. The van der Waals surface area contributed by atoms with Gasteiger partial charge in [-0.05, 0) is 12.3 Å². The van der Waals surface area contributed by atoms with Gasteiger partial charge >= 0.3 is 0 Å². The van der Waals surface area contributed by atoms with Gasteiger partial charge in [0.05, 0.1) is 0 Å². The predicted molar refractivity (Wildman–Crippen MR) is 69.6 cm³/mol. The first-order valence-electron chi connectivity index (χ1n) is 6.41. The summed E-state index contributed by atoms with van der Waals surface area (Å²) in [5, 5.41) is 0. The molecule has 2 aliphatic carbocycles. The highest BCUT2D eigenvalue weighted by Gasteiger charge is 2.53. The van der Waals surface area contributed by atoms with Crippen molar-refractivity contribution in [2.45, 2.75) is 20.3 Å². The van der Waals surface area contributed by atoms with E-state index in [4.69, 9.17) is 0 Å². The number of fused-ring (bicyclic) bond motifs is 2. The van der Waals surface area contributed by atoms with E-state index in [9.17, 15) is 9.59 Å². The lowest BCUT2D eigenvalue weighted by Crippen LogP contribution is -2.49. The van der Waals surface area contributed by atoms with Crippen LogP contribution >= 0.6 is 0 Å². The third kappa shape index (κ3) is 1.23. The number of hydrogen-bond acceptors (Lipinski definition) is 2. The van der Waals surface area contributed by atoms with E-state index in [-0.39, 0.29) is 23.4 Å². The molecule has 0 bridgehead atoms. The Morgan fingerprint density at radius 2 is 1.83 bits per heavy atom. The Bertz CT molecular complexity index is 570. The fourth-order valence-electron chi connectivity index (χ4n) is 3.30. The van der Waals surface area contributed by atoms with Gasteiger partial charge in [-0.2, -0.15) is 0 Å². The van der Waals surface area contributed by atoms with E-state index in [1.165, 1.54) is 0 Å². The van der Waals surface area contributed by atoms with Crippen molar-refractivity contribution >= 4 is 11.6 Å². The van der Waals surface area contributed by atoms with Crippen LogP contribution in [0.5, 0.6) is 0 Å². The van der Waals surface area contributed by atoms with Crippen LogP contribution in [0.1, 0.15) is 41.0 Å². The molecule has 0 unspecified atom stereocenters. The summed E-state index contributed by atoms with van der Waals surface area (Å²) in [6.07, 6.45) is 4.78. The Morgan fingerprint density at radius 3 is 2.56 bits per heavy atom. The quantitative estimate of drug-likeness (QED) is 0.652. The molecule has 0 saturated carbocycles. The summed E-state index contributed by atoms with van der Waals surface area (Å²) in [7, 11) is 0. The van der Waals surface area contributed by atoms with E-state index >= 15 is 0 Å². The van der Waals surface area contributed by atoms with Crippen molar-refractivity contribution < 1.29 is 9.59 Å². The standard InChI is InChI=1S/C16H16O2/c1-10-6-5-9-13-14(17)11-7-3-4-8-12(11)15(18)16(10,13)2/h3-8,10,13H,9H2,1-2H3/t10-,13+,16-/m1/s1. The molecule has 0 aromatic heterocycles. The fraction of sp³-hybridized carbons (Fsp3) is 0.375. The molecular weight excluding hydrogens is 224 g/mol. The maximum atomic E-state index is 12.7. The molecule has 1 aromatic carbocycles. The van der Waals surface area contributed by atoms with Crippen LogP contribution in [-0.4, -0.2) is 11.6 Å². The first-order valence-corrected chi connectivity index (χ1v) is 6.41. The minimum atomic E-state index is -0.569. The Morgan fingerprint density at radius 1 is 1.17 bits per heavy atom. The third-order valence-electron chi connectivity index (χ3n) is 4.71. The predicted octanol–water partition coefficient (Wildman–Crippen LogP) is 3.28. The molecule has 2 aliphatic rings. The van der Waals surface area contributed by atoms with E-state index in [2.05, 4.69) is 6.08 Å². The molecule has 2 nitrogen and oxygen atoms in total. The molecule has 0 aliphatic heterocycles. The van der Waals surface area contributed by atoms with Crippen molar-refractivity contribution in [3.63, 3.8) is 0 Å². The van der Waals surface area contributed by atoms with E-state index in [1.54, 1.807) is 12.1 Å². The third-order valence-corrected chi connectivity index (χ3v) is 4.71. The van der Waals surface area contributed by atoms with Gasteiger partial charge in [0.15, 0.2) is 11.6 Å². The van der Waals surface area contributed by atoms with Gasteiger partial charge in [0.25, 0.3) is 0 Å². The first kappa shape index (κ1) is 11.4. The van der Waals surface area contributed by atoms with Gasteiger partial charge in [-0.25, -0.2) is 0 Å². The zero-order valence-electron chi connectivity index (χ0n) is 10.6. The number of allylic oxidation sites excluding steroid dienone is 2. The van der Waals surface area contributed by atoms with E-state index in [0.717, 1.165) is 0 Å². The van der Waals surface area contributed by atoms with Gasteiger partial charge in [0.2, 0.25) is 0 Å². The number of carbonyl (C=O) groups excluding carboxylic acids is 2. The summed E-state index contributed by atoms with van der Waals surface area (Å²) in [5.74, 6) is 0.171. The van der Waals surface area contributed by atoms with E-state index < -0.39 is 5.41 Å². The van der Waals surface area contributed by atoms with Crippen LogP contribution < -0.4 is 0 Å². The highest BCUT2D eigenvalue weighted by atomic mass is 16.1. The number of rotatable bonds is 0. The zero-order chi connectivity index (χ0) is 12.9. The molecule has 0 radical (unpaired) electrons. The first-order chi connectivity index (χ1) is 8.56. The maximum Gasteiger partial charge on any atom is 0.170 e. The van der Waals surface area contributed by atoms with Crippen LogP contribution in [0.15, 0.2) is 36.4 Å². The summed E-state index contributed by atoms with van der Waals surface area (Å²) in [5.41, 5.74) is 0.635. The highest BCUT2D eigenvalue weighted by molar-refractivity contribution is 6.17. The SMILES string of the molecule is C[C@@H]1C=CC[C@H]2C(=O)c3ccccc3C(=O)[C@]12C. The largest absolute Gasteiger partial charge is 0.294 e. The van der Waals surface area contributed by atoms with Gasteiger partial charge < -0.3 is 0 Å². The lowest BCUT2D eigenvalue weighted by atomic mass is 9.56. The molecule has 0 heterocycles. The van der Waals surface area contributed by atoms with Gasteiger partial charge in [-0.1, -0.05) is 50.3 Å². The lowest BCUT2D eigenvalue weighted by molar-refractivity contribution is 0.0478. The Hall–Kier alpha value is -1.70. The summed E-state index contributed by atoms with van der Waals surface area (Å²) >= 11 is 0. The van der Waals surface area contributed by atoms with Crippen LogP contribution in [0, 0.1) is 17.3 Å². The summed E-state index contributed by atoms with van der Waals surface area (Å²) in [6, 6.07) is 7.21. The van der Waals surface area contributed by atoms with Crippen molar-refractivity contribution in [1.29, 1.82) is 0 Å². The highest BCUT2D eigenvalue weighted by Crippen LogP contribution is 2.49. The normalized spacial score (nSPS) is 34.1. The molecular formula is C16H16O2. The van der Waals surface area contributed by atoms with Crippen LogP contribution in [-0.2, 0) is 0 Å². The average molecular weight is 240 g/mol. The van der Waals surface area contributed by atoms with Gasteiger partial charge in [0.1, 0.15) is 0 Å². The molecule has 1 aromatic rings. The van der Waals surface area contributed by atoms with Crippen LogP contribution in [0.3, 0.4) is 0 Å². The Labute approximate surface area is 107 Å². The molecule has 18 heavy (non-hydrogen) atoms. The lowest BCUT2D eigenvalue weighted by Gasteiger charge is -2.44.